The molecule has 3 unspecified atom stereocenters. The molecule has 0 spiro atoms. The highest BCUT2D eigenvalue weighted by atomic mass is 16.5. The minimum absolute atomic E-state index is 0.0815. The number of ether oxygens (including phenoxy) is 5. The lowest BCUT2D eigenvalue weighted by Gasteiger charge is -2.13. The van der Waals surface area contributed by atoms with Crippen LogP contribution in [0.2, 0.25) is 0 Å². The van der Waals surface area contributed by atoms with Crippen molar-refractivity contribution in [2.75, 3.05) is 13.2 Å². The third-order valence-electron chi connectivity index (χ3n) is 3.86. The van der Waals surface area contributed by atoms with Gasteiger partial charge in [-0.1, -0.05) is 0 Å². The van der Waals surface area contributed by atoms with Crippen LogP contribution >= 0.6 is 0 Å². The molecular weight excluding hydrogens is 564 g/mol. The van der Waals surface area contributed by atoms with Crippen LogP contribution in [0.15, 0.2) is 0 Å². The number of carboxylic acids is 3. The monoisotopic (exact) mass is 630 g/mol. The maximum absolute atomic E-state index is 10.2. The third-order valence-corrected chi connectivity index (χ3v) is 3.86. The van der Waals surface area contributed by atoms with E-state index < -0.39 is 30.6 Å². The lowest BCUT2D eigenvalue weighted by molar-refractivity contribution is -0.156. The zero-order chi connectivity index (χ0) is 35.3. The van der Waals surface area contributed by atoms with Crippen molar-refractivity contribution in [2.24, 2.45) is 0 Å². The van der Waals surface area contributed by atoms with Crippen LogP contribution in [-0.2, 0) is 38.1 Å². The van der Waals surface area contributed by atoms with E-state index in [-0.39, 0.29) is 43.4 Å². The quantitative estimate of drug-likeness (QED) is 0.165. The molecule has 0 amide bonds. The summed E-state index contributed by atoms with van der Waals surface area (Å²) in [6.07, 6.45) is -0.0990. The first-order chi connectivity index (χ1) is 19.5. The summed E-state index contributed by atoms with van der Waals surface area (Å²) < 4.78 is 25.5. The van der Waals surface area contributed by atoms with Crippen LogP contribution < -0.4 is 0 Å². The zero-order valence-electron chi connectivity index (χ0n) is 29.6. The number of carbonyl (C=O) groups is 3. The van der Waals surface area contributed by atoms with Gasteiger partial charge >= 0.3 is 17.9 Å². The van der Waals surface area contributed by atoms with Gasteiger partial charge < -0.3 is 44.1 Å². The Morgan fingerprint density at radius 3 is 0.907 bits per heavy atom. The number of aliphatic hydroxyl groups is 1. The van der Waals surface area contributed by atoms with Gasteiger partial charge in [0.1, 0.15) is 0 Å². The number of carboxylic acid groups (broad SMARTS) is 3. The summed E-state index contributed by atoms with van der Waals surface area (Å²) >= 11 is 0. The van der Waals surface area contributed by atoms with E-state index in [0.29, 0.717) is 18.3 Å². The Morgan fingerprint density at radius 2 is 0.814 bits per heavy atom. The molecule has 0 radical (unpaired) electrons. The largest absolute Gasteiger partial charge is 0.481 e. The van der Waals surface area contributed by atoms with Gasteiger partial charge in [0.05, 0.1) is 68.3 Å². The Hall–Kier alpha value is -1.83. The molecule has 12 nitrogen and oxygen atoms in total. The van der Waals surface area contributed by atoms with Crippen molar-refractivity contribution in [1.82, 2.24) is 0 Å². The van der Waals surface area contributed by atoms with Crippen molar-refractivity contribution in [3.8, 4) is 0 Å². The fraction of sp³-hybridized carbons (Fsp3) is 0.903. The van der Waals surface area contributed by atoms with Crippen LogP contribution in [0.3, 0.4) is 0 Å². The minimum Gasteiger partial charge on any atom is -0.481 e. The molecular formula is C31H66O12. The van der Waals surface area contributed by atoms with Gasteiger partial charge in [0, 0.05) is 6.61 Å². The molecule has 0 bridgehead atoms. The summed E-state index contributed by atoms with van der Waals surface area (Å²) in [6, 6.07) is 0. The summed E-state index contributed by atoms with van der Waals surface area (Å²) in [6.45, 7) is 29.1. The third kappa shape index (κ3) is 60.2. The maximum atomic E-state index is 10.2. The van der Waals surface area contributed by atoms with Gasteiger partial charge in [-0.3, -0.25) is 9.59 Å². The number of rotatable bonds is 16. The van der Waals surface area contributed by atoms with Crippen molar-refractivity contribution in [1.29, 1.82) is 0 Å². The van der Waals surface area contributed by atoms with E-state index in [0.717, 1.165) is 6.61 Å². The van der Waals surface area contributed by atoms with Gasteiger partial charge in [-0.15, -0.1) is 0 Å². The van der Waals surface area contributed by atoms with E-state index in [2.05, 4.69) is 0 Å². The normalized spacial score (nSPS) is 12.7. The molecule has 0 aliphatic carbocycles. The van der Waals surface area contributed by atoms with Gasteiger partial charge in [0.15, 0.2) is 6.10 Å². The maximum Gasteiger partial charge on any atom is 0.335 e. The summed E-state index contributed by atoms with van der Waals surface area (Å²) in [5, 5.41) is 33.4. The molecule has 3 atom stereocenters. The van der Waals surface area contributed by atoms with Gasteiger partial charge in [0.2, 0.25) is 0 Å². The molecule has 0 fully saturated rings. The van der Waals surface area contributed by atoms with E-state index in [9.17, 15) is 14.4 Å². The highest BCUT2D eigenvalue weighted by Gasteiger charge is 2.17. The van der Waals surface area contributed by atoms with E-state index in [4.69, 9.17) is 44.1 Å². The van der Waals surface area contributed by atoms with Crippen LogP contribution in [0.25, 0.3) is 0 Å². The van der Waals surface area contributed by atoms with Gasteiger partial charge in [-0.25, -0.2) is 4.79 Å². The average Bonchev–Trinajstić information content (AvgIpc) is 2.75. The molecule has 0 aromatic heterocycles. The van der Waals surface area contributed by atoms with E-state index >= 15 is 0 Å². The van der Waals surface area contributed by atoms with E-state index in [1.54, 1.807) is 27.7 Å². The molecule has 0 saturated heterocycles. The second-order valence-corrected chi connectivity index (χ2v) is 11.1. The minimum atomic E-state index is -1.13. The van der Waals surface area contributed by atoms with Crippen molar-refractivity contribution in [3.05, 3.63) is 0 Å². The standard InChI is InChI=1S/2C7H14O3.C6H12O4.C6H14O.C5H12O/c2*1-5(2)10-6(3)4-7(8)9;1-4(2)10-5(3-7)6(8)9;1-5(2)7-6(3)4;1-4-6-5(2)3/h2*5-6H,4H2,1-3H3,(H,8,9);4-5,7H,3H2,1-2H3,(H,8,9);5-6H,1-4H3;5H,4H2,1-3H3. The predicted octanol–water partition coefficient (Wildman–Crippen LogP) is 5.66. The highest BCUT2D eigenvalue weighted by Crippen LogP contribution is 2.02. The topological polar surface area (TPSA) is 178 Å². The lowest BCUT2D eigenvalue weighted by atomic mass is 10.3. The van der Waals surface area contributed by atoms with Gasteiger partial charge in [0.25, 0.3) is 0 Å². The van der Waals surface area contributed by atoms with E-state index in [1.807, 2.05) is 76.2 Å². The second kappa shape index (κ2) is 33.1. The second-order valence-electron chi connectivity index (χ2n) is 11.1. The van der Waals surface area contributed by atoms with Crippen molar-refractivity contribution in [2.45, 2.75) is 172 Å². The molecule has 0 aromatic carbocycles. The Labute approximate surface area is 261 Å². The van der Waals surface area contributed by atoms with E-state index in [1.165, 1.54) is 0 Å². The molecule has 0 heterocycles. The molecule has 0 aromatic rings. The number of aliphatic hydroxyl groups excluding tert-OH is 1. The molecule has 43 heavy (non-hydrogen) atoms. The van der Waals surface area contributed by atoms with Crippen molar-refractivity contribution in [3.63, 3.8) is 0 Å². The van der Waals surface area contributed by atoms with Crippen LogP contribution in [0.4, 0.5) is 0 Å². The lowest BCUT2D eigenvalue weighted by Crippen LogP contribution is -2.30. The first-order valence-electron chi connectivity index (χ1n) is 15.0. The molecule has 12 heteroatoms. The Bertz CT molecular complexity index is 600. The Morgan fingerprint density at radius 1 is 0.512 bits per heavy atom. The molecule has 0 aliphatic heterocycles. The molecule has 0 aliphatic rings. The summed E-state index contributed by atoms with van der Waals surface area (Å²) in [5.74, 6) is -2.75. The van der Waals surface area contributed by atoms with Gasteiger partial charge in [-0.2, -0.15) is 0 Å². The molecule has 262 valence electrons. The van der Waals surface area contributed by atoms with Gasteiger partial charge in [-0.05, 0) is 104 Å². The summed E-state index contributed by atoms with van der Waals surface area (Å²) in [7, 11) is 0. The predicted molar refractivity (Wildman–Crippen MR) is 169 cm³/mol. The molecule has 4 N–H and O–H groups in total. The van der Waals surface area contributed by atoms with Crippen molar-refractivity contribution >= 4 is 17.9 Å². The first kappa shape index (κ1) is 50.8. The molecule has 0 saturated carbocycles. The SMILES string of the molecule is CC(C)OC(C)C.CC(C)OC(C)CC(=O)O.CC(C)OC(C)CC(=O)O.CC(C)OC(CO)C(=O)O.CCOC(C)C. The smallest absolute Gasteiger partial charge is 0.335 e. The average molecular weight is 631 g/mol. The van der Waals surface area contributed by atoms with Crippen LogP contribution in [0, 0.1) is 0 Å². The summed E-state index contributed by atoms with van der Waals surface area (Å²) in [5.41, 5.74) is 0. The van der Waals surface area contributed by atoms with Crippen LogP contribution in [0.5, 0.6) is 0 Å². The fourth-order valence-corrected chi connectivity index (χ4v) is 2.90. The van der Waals surface area contributed by atoms with Crippen molar-refractivity contribution < 1.29 is 58.5 Å². The number of aliphatic carboxylic acids is 3. The van der Waals surface area contributed by atoms with Crippen LogP contribution in [0.1, 0.15) is 117 Å². The first-order valence-corrected chi connectivity index (χ1v) is 15.0. The molecule has 0 rings (SSSR count). The highest BCUT2D eigenvalue weighted by molar-refractivity contribution is 5.72. The number of hydrogen-bond acceptors (Lipinski definition) is 9. The fourth-order valence-electron chi connectivity index (χ4n) is 2.90. The summed E-state index contributed by atoms with van der Waals surface area (Å²) in [4.78, 5) is 30.4. The number of hydrogen-bond donors (Lipinski definition) is 4. The zero-order valence-corrected chi connectivity index (χ0v) is 29.6. The Balaban J connectivity index is -0.000000142. The Kier molecular flexibility index (Phi) is 39.1. The van der Waals surface area contributed by atoms with Crippen LogP contribution in [-0.4, -0.2) is 106 Å².